The molecule has 0 radical (unpaired) electrons. The maximum Gasteiger partial charge on any atom is 0.323 e. The molecule has 3 atom stereocenters. The van der Waals surface area contributed by atoms with E-state index in [4.69, 9.17) is 14.6 Å². The van der Waals surface area contributed by atoms with Crippen molar-refractivity contribution in [3.05, 3.63) is 35.9 Å². The number of rotatable bonds is 14. The number of nitrogens with one attached hydrogen (secondary N) is 2. The molecule has 1 rings (SSSR count). The fourth-order valence-electron chi connectivity index (χ4n) is 2.96. The van der Waals surface area contributed by atoms with E-state index in [1.54, 1.807) is 6.92 Å². The van der Waals surface area contributed by atoms with Crippen LogP contribution in [0.1, 0.15) is 39.2 Å². The molecule has 1 aromatic rings. The van der Waals surface area contributed by atoms with Crippen molar-refractivity contribution >= 4 is 19.4 Å². The topological polar surface area (TPSA) is 114 Å². The van der Waals surface area contributed by atoms with Crippen molar-refractivity contribution < 1.29 is 28.7 Å². The highest BCUT2D eigenvalue weighted by Gasteiger charge is 2.29. The number of carboxylic acids is 1. The van der Waals surface area contributed by atoms with Gasteiger partial charge in [-0.15, -0.1) is 0 Å². The number of hydrogen-bond donors (Lipinski definition) is 3. The van der Waals surface area contributed by atoms with Gasteiger partial charge < -0.3 is 14.6 Å². The first-order valence-electron chi connectivity index (χ1n) is 9.68. The van der Waals surface area contributed by atoms with Crippen LogP contribution in [0.25, 0.3) is 0 Å². The van der Waals surface area contributed by atoms with Crippen molar-refractivity contribution in [3.8, 4) is 0 Å². The van der Waals surface area contributed by atoms with Crippen LogP contribution in [-0.2, 0) is 30.2 Å². The zero-order valence-corrected chi connectivity index (χ0v) is 18.5. The zero-order chi connectivity index (χ0) is 21.9. The van der Waals surface area contributed by atoms with Gasteiger partial charge in [0.2, 0.25) is 7.44 Å². The first-order valence-corrected chi connectivity index (χ1v) is 11.6. The quantitative estimate of drug-likeness (QED) is 0.306. The molecule has 0 saturated carbocycles. The number of esters is 1. The molecule has 164 valence electrons. The van der Waals surface area contributed by atoms with Crippen LogP contribution in [0, 0.1) is 11.8 Å². The first-order chi connectivity index (χ1) is 13.6. The van der Waals surface area contributed by atoms with Crippen LogP contribution < -0.4 is 10.2 Å². The van der Waals surface area contributed by atoms with E-state index >= 15 is 0 Å². The fraction of sp³-hybridized carbons (Fsp3) is 0.600. The molecule has 0 fully saturated rings. The van der Waals surface area contributed by atoms with Crippen LogP contribution in [0.5, 0.6) is 0 Å². The lowest BCUT2D eigenvalue weighted by Gasteiger charge is -2.26. The van der Waals surface area contributed by atoms with Crippen molar-refractivity contribution in [2.45, 2.75) is 46.3 Å². The number of benzene rings is 1. The Morgan fingerprint density at radius 2 is 1.83 bits per heavy atom. The molecule has 0 amide bonds. The summed E-state index contributed by atoms with van der Waals surface area (Å²) in [6.07, 6.45) is 0.526. The normalized spacial score (nSPS) is 15.5. The molecule has 0 aliphatic heterocycles. The zero-order valence-electron chi connectivity index (χ0n) is 17.6. The lowest BCUT2D eigenvalue weighted by molar-refractivity contribution is -0.146. The van der Waals surface area contributed by atoms with Gasteiger partial charge in [0.1, 0.15) is 19.0 Å². The van der Waals surface area contributed by atoms with Gasteiger partial charge in [-0.05, 0) is 30.7 Å². The molecule has 1 unspecified atom stereocenters. The van der Waals surface area contributed by atoms with Crippen molar-refractivity contribution in [1.29, 1.82) is 0 Å². The number of carboxylic acid groups (broad SMARTS) is 1. The van der Waals surface area contributed by atoms with Gasteiger partial charge in [0.05, 0.1) is 0 Å². The Balaban J connectivity index is 2.66. The third-order valence-corrected chi connectivity index (χ3v) is 6.31. The van der Waals surface area contributed by atoms with Gasteiger partial charge in [-0.25, -0.2) is 5.09 Å². The summed E-state index contributed by atoms with van der Waals surface area (Å²) >= 11 is 0. The van der Waals surface area contributed by atoms with Crippen molar-refractivity contribution in [2.75, 3.05) is 20.0 Å². The monoisotopic (exact) mass is 428 g/mol. The largest absolute Gasteiger partial charge is 0.481 e. The molecule has 0 aliphatic carbocycles. The van der Waals surface area contributed by atoms with E-state index in [1.807, 2.05) is 44.2 Å². The lowest BCUT2D eigenvalue weighted by atomic mass is 9.94. The fourth-order valence-corrected chi connectivity index (χ4v) is 4.86. The van der Waals surface area contributed by atoms with Crippen molar-refractivity contribution in [2.24, 2.45) is 11.8 Å². The minimum atomic E-state index is -3.28. The van der Waals surface area contributed by atoms with E-state index in [9.17, 15) is 14.2 Å². The first kappa shape index (κ1) is 25.3. The minimum absolute atomic E-state index is 0.0210. The Labute approximate surface area is 172 Å². The minimum Gasteiger partial charge on any atom is -0.481 e. The second-order valence-corrected chi connectivity index (χ2v) is 9.87. The van der Waals surface area contributed by atoms with Crippen LogP contribution in [0.2, 0.25) is 0 Å². The molecule has 29 heavy (non-hydrogen) atoms. The Morgan fingerprint density at radius 1 is 1.17 bits per heavy atom. The predicted octanol–water partition coefficient (Wildman–Crippen LogP) is 3.23. The molecular formula is C20H33N2O6P. The molecule has 8 nitrogen and oxygen atoms in total. The summed E-state index contributed by atoms with van der Waals surface area (Å²) < 4.78 is 23.5. The number of aliphatic carboxylic acids is 1. The SMILES string of the molecule is COCP(=O)(NC[C@H](CC(=O)O)CC(C)C)N[C@@H](C)C(=O)OCc1ccccc1. The second-order valence-electron chi connectivity index (χ2n) is 7.56. The molecule has 0 spiro atoms. The highest BCUT2D eigenvalue weighted by molar-refractivity contribution is 7.59. The van der Waals surface area contributed by atoms with Crippen LogP contribution in [-0.4, -0.2) is 43.1 Å². The van der Waals surface area contributed by atoms with E-state index < -0.39 is 25.4 Å². The van der Waals surface area contributed by atoms with Gasteiger partial charge >= 0.3 is 11.9 Å². The molecule has 1 aromatic carbocycles. The van der Waals surface area contributed by atoms with E-state index in [-0.39, 0.29) is 31.8 Å². The summed E-state index contributed by atoms with van der Waals surface area (Å²) in [4.78, 5) is 23.4. The molecule has 0 heterocycles. The van der Waals surface area contributed by atoms with Crippen LogP contribution in [0.15, 0.2) is 30.3 Å². The van der Waals surface area contributed by atoms with Crippen LogP contribution in [0.3, 0.4) is 0 Å². The summed E-state index contributed by atoms with van der Waals surface area (Å²) in [5.41, 5.74) is 0.858. The van der Waals surface area contributed by atoms with Gasteiger partial charge in [-0.2, -0.15) is 0 Å². The van der Waals surface area contributed by atoms with E-state index in [2.05, 4.69) is 10.2 Å². The molecule has 0 bridgehead atoms. The standard InChI is InChI=1S/C20H33N2O6P/c1-15(2)10-18(11-19(23)24)12-21-29(26,14-27-4)22-16(3)20(25)28-13-17-8-6-5-7-9-17/h5-9,15-16,18H,10-14H2,1-4H3,(H,23,24)(H2,21,22,26)/t16-,18-,29?/m0/s1. The second kappa shape index (κ2) is 12.8. The smallest absolute Gasteiger partial charge is 0.323 e. The molecule has 3 N–H and O–H groups in total. The average molecular weight is 428 g/mol. The van der Waals surface area contributed by atoms with E-state index in [0.29, 0.717) is 12.3 Å². The molecule has 0 saturated heterocycles. The lowest BCUT2D eigenvalue weighted by Crippen LogP contribution is -2.39. The average Bonchev–Trinajstić information content (AvgIpc) is 2.64. The van der Waals surface area contributed by atoms with Crippen molar-refractivity contribution in [3.63, 3.8) is 0 Å². The Kier molecular flexibility index (Phi) is 11.1. The van der Waals surface area contributed by atoms with Gasteiger partial charge in [-0.1, -0.05) is 44.2 Å². The predicted molar refractivity (Wildman–Crippen MR) is 112 cm³/mol. The number of hydrogen-bond acceptors (Lipinski definition) is 5. The summed E-state index contributed by atoms with van der Waals surface area (Å²) in [7, 11) is -1.87. The summed E-state index contributed by atoms with van der Waals surface area (Å²) in [5, 5.41) is 14.8. The number of carbonyl (C=O) groups excluding carboxylic acids is 1. The van der Waals surface area contributed by atoms with E-state index in [0.717, 1.165) is 5.56 Å². The summed E-state index contributed by atoms with van der Waals surface area (Å²) in [6, 6.07) is 8.45. The molecular weight excluding hydrogens is 395 g/mol. The number of carbonyl (C=O) groups is 2. The molecule has 0 aromatic heterocycles. The molecule has 9 heteroatoms. The third-order valence-electron chi connectivity index (χ3n) is 4.19. The van der Waals surface area contributed by atoms with Crippen molar-refractivity contribution in [1.82, 2.24) is 10.2 Å². The van der Waals surface area contributed by atoms with Gasteiger partial charge in [0, 0.05) is 20.1 Å². The highest BCUT2D eigenvalue weighted by atomic mass is 31.2. The summed E-state index contributed by atoms with van der Waals surface area (Å²) in [6.45, 7) is 5.95. The highest BCUT2D eigenvalue weighted by Crippen LogP contribution is 2.37. The Bertz CT molecular complexity index is 683. The molecule has 0 aliphatic rings. The van der Waals surface area contributed by atoms with Gasteiger partial charge in [0.15, 0.2) is 0 Å². The van der Waals surface area contributed by atoms with E-state index in [1.165, 1.54) is 7.11 Å². The Hall–Kier alpha value is -1.73. The Morgan fingerprint density at radius 3 is 2.38 bits per heavy atom. The maximum atomic E-state index is 13.2. The number of ether oxygens (including phenoxy) is 2. The third kappa shape index (κ3) is 10.6. The number of methoxy groups -OCH3 is 1. The van der Waals surface area contributed by atoms with Crippen LogP contribution >= 0.6 is 7.44 Å². The maximum absolute atomic E-state index is 13.2. The van der Waals surface area contributed by atoms with Gasteiger partial charge in [0.25, 0.3) is 0 Å². The van der Waals surface area contributed by atoms with Crippen LogP contribution in [0.4, 0.5) is 0 Å². The summed E-state index contributed by atoms with van der Waals surface area (Å²) in [5.74, 6) is -1.30. The van der Waals surface area contributed by atoms with Gasteiger partial charge in [-0.3, -0.25) is 19.2 Å².